The van der Waals surface area contributed by atoms with Crippen molar-refractivity contribution in [3.8, 4) is 0 Å². The maximum absolute atomic E-state index is 12.7. The molecule has 2 heteroatoms. The van der Waals surface area contributed by atoms with Crippen LogP contribution in [-0.4, -0.2) is 11.6 Å². The molecule has 2 aromatic carbocycles. The molecule has 106 valence electrons. The molecule has 1 aliphatic carbocycles. The van der Waals surface area contributed by atoms with Gasteiger partial charge in [-0.05, 0) is 24.8 Å². The van der Waals surface area contributed by atoms with E-state index in [1.54, 1.807) is 0 Å². The van der Waals surface area contributed by atoms with Crippen LogP contribution in [0.15, 0.2) is 48.5 Å². The topological polar surface area (TPSA) is 34.1 Å². The van der Waals surface area contributed by atoms with Crippen molar-refractivity contribution in [1.82, 2.24) is 0 Å². The summed E-state index contributed by atoms with van der Waals surface area (Å²) < 4.78 is 0. The zero-order chi connectivity index (χ0) is 15.0. The Morgan fingerprint density at radius 3 is 2.43 bits per heavy atom. The van der Waals surface area contributed by atoms with Crippen molar-refractivity contribution in [2.45, 2.75) is 26.2 Å². The van der Waals surface area contributed by atoms with E-state index in [1.165, 1.54) is 0 Å². The van der Waals surface area contributed by atoms with Gasteiger partial charge in [0.25, 0.3) is 0 Å². The molecule has 2 unspecified atom stereocenters. The average molecular weight is 278 g/mol. The van der Waals surface area contributed by atoms with Gasteiger partial charge >= 0.3 is 0 Å². The standard InChI is InChI=1S/C19H18O2/c1-12-7-9-14(10-8-12)18(20)17-11-13(2)15-5-3-4-6-16(15)19(17)21/h3-10,13,17H,11H2,1-2H3. The molecule has 0 radical (unpaired) electrons. The van der Waals surface area contributed by atoms with Crippen molar-refractivity contribution < 1.29 is 9.59 Å². The zero-order valence-electron chi connectivity index (χ0n) is 12.3. The summed E-state index contributed by atoms with van der Waals surface area (Å²) in [5.74, 6) is -0.397. The van der Waals surface area contributed by atoms with Crippen LogP contribution >= 0.6 is 0 Å². The Morgan fingerprint density at radius 1 is 1.05 bits per heavy atom. The van der Waals surface area contributed by atoms with Gasteiger partial charge < -0.3 is 0 Å². The van der Waals surface area contributed by atoms with Gasteiger partial charge in [-0.25, -0.2) is 0 Å². The number of carbonyl (C=O) groups is 2. The van der Waals surface area contributed by atoms with E-state index >= 15 is 0 Å². The molecule has 2 nitrogen and oxygen atoms in total. The number of Topliss-reactive ketones (excluding diaryl/α,β-unsaturated/α-hetero) is 2. The van der Waals surface area contributed by atoms with E-state index < -0.39 is 5.92 Å². The molecular weight excluding hydrogens is 260 g/mol. The van der Waals surface area contributed by atoms with Crippen LogP contribution in [0.1, 0.15) is 51.1 Å². The van der Waals surface area contributed by atoms with Crippen molar-refractivity contribution in [2.75, 3.05) is 0 Å². The van der Waals surface area contributed by atoms with Crippen LogP contribution in [0.4, 0.5) is 0 Å². The molecule has 0 fully saturated rings. The number of fused-ring (bicyclic) bond motifs is 1. The van der Waals surface area contributed by atoms with Crippen LogP contribution < -0.4 is 0 Å². The minimum Gasteiger partial charge on any atom is -0.293 e. The van der Waals surface area contributed by atoms with Crippen molar-refractivity contribution in [3.05, 3.63) is 70.8 Å². The molecule has 0 saturated carbocycles. The van der Waals surface area contributed by atoms with Gasteiger partial charge in [0.1, 0.15) is 0 Å². The van der Waals surface area contributed by atoms with Crippen LogP contribution in [0.25, 0.3) is 0 Å². The molecule has 3 rings (SSSR count). The fourth-order valence-corrected chi connectivity index (χ4v) is 3.07. The minimum atomic E-state index is -0.544. The zero-order valence-corrected chi connectivity index (χ0v) is 12.3. The van der Waals surface area contributed by atoms with Crippen molar-refractivity contribution in [3.63, 3.8) is 0 Å². The molecule has 0 heterocycles. The normalized spacial score (nSPS) is 21.0. The second-order valence-electron chi connectivity index (χ2n) is 5.87. The molecular formula is C19H18O2. The monoisotopic (exact) mass is 278 g/mol. The summed E-state index contributed by atoms with van der Waals surface area (Å²) in [6.07, 6.45) is 0.600. The Hall–Kier alpha value is -2.22. The first-order valence-corrected chi connectivity index (χ1v) is 7.32. The first-order valence-electron chi connectivity index (χ1n) is 7.32. The molecule has 0 aliphatic heterocycles. The van der Waals surface area contributed by atoms with E-state index in [4.69, 9.17) is 0 Å². The molecule has 0 saturated heterocycles. The van der Waals surface area contributed by atoms with Crippen molar-refractivity contribution in [2.24, 2.45) is 5.92 Å². The van der Waals surface area contributed by atoms with E-state index in [1.807, 2.05) is 55.5 Å². The minimum absolute atomic E-state index is 0.0331. The summed E-state index contributed by atoms with van der Waals surface area (Å²) in [5.41, 5.74) is 3.52. The molecule has 0 bridgehead atoms. The molecule has 0 spiro atoms. The maximum atomic E-state index is 12.7. The van der Waals surface area contributed by atoms with Gasteiger partial charge in [0, 0.05) is 11.1 Å². The molecule has 21 heavy (non-hydrogen) atoms. The Kier molecular flexibility index (Phi) is 3.46. The summed E-state index contributed by atoms with van der Waals surface area (Å²) in [5, 5.41) is 0. The Labute approximate surface area is 124 Å². The molecule has 2 aromatic rings. The lowest BCUT2D eigenvalue weighted by Crippen LogP contribution is -2.31. The van der Waals surface area contributed by atoms with E-state index in [-0.39, 0.29) is 17.5 Å². The number of hydrogen-bond donors (Lipinski definition) is 0. The first-order chi connectivity index (χ1) is 10.1. The van der Waals surface area contributed by atoms with E-state index in [2.05, 4.69) is 6.92 Å². The second-order valence-corrected chi connectivity index (χ2v) is 5.87. The van der Waals surface area contributed by atoms with Crippen LogP contribution in [0.5, 0.6) is 0 Å². The molecule has 0 N–H and O–H groups in total. The van der Waals surface area contributed by atoms with Crippen LogP contribution in [0.2, 0.25) is 0 Å². The summed E-state index contributed by atoms with van der Waals surface area (Å²) in [4.78, 5) is 25.3. The second kappa shape index (κ2) is 5.28. The highest BCUT2D eigenvalue weighted by Gasteiger charge is 2.36. The fourth-order valence-electron chi connectivity index (χ4n) is 3.07. The maximum Gasteiger partial charge on any atom is 0.173 e. The third-order valence-corrected chi connectivity index (χ3v) is 4.32. The van der Waals surface area contributed by atoms with Crippen molar-refractivity contribution >= 4 is 11.6 Å². The smallest absolute Gasteiger partial charge is 0.173 e. The predicted octanol–water partition coefficient (Wildman–Crippen LogP) is 4.18. The van der Waals surface area contributed by atoms with Gasteiger partial charge in [0.15, 0.2) is 11.6 Å². The summed E-state index contributed by atoms with van der Waals surface area (Å²) >= 11 is 0. The number of rotatable bonds is 2. The number of benzene rings is 2. The van der Waals surface area contributed by atoms with Gasteiger partial charge in [0.2, 0.25) is 0 Å². The Bertz CT molecular complexity index is 698. The van der Waals surface area contributed by atoms with Crippen LogP contribution in [0.3, 0.4) is 0 Å². The summed E-state index contributed by atoms with van der Waals surface area (Å²) in [7, 11) is 0. The number of hydrogen-bond acceptors (Lipinski definition) is 2. The average Bonchev–Trinajstić information content (AvgIpc) is 2.51. The molecule has 0 aromatic heterocycles. The van der Waals surface area contributed by atoms with E-state index in [0.29, 0.717) is 17.5 Å². The molecule has 2 atom stereocenters. The van der Waals surface area contributed by atoms with Gasteiger partial charge in [-0.15, -0.1) is 0 Å². The highest BCUT2D eigenvalue weighted by molar-refractivity contribution is 6.17. The molecule has 0 amide bonds. The van der Waals surface area contributed by atoms with Crippen molar-refractivity contribution in [1.29, 1.82) is 0 Å². The summed E-state index contributed by atoms with van der Waals surface area (Å²) in [6.45, 7) is 4.07. The fraction of sp³-hybridized carbons (Fsp3) is 0.263. The van der Waals surface area contributed by atoms with E-state index in [0.717, 1.165) is 11.1 Å². The van der Waals surface area contributed by atoms with Gasteiger partial charge in [0.05, 0.1) is 5.92 Å². The van der Waals surface area contributed by atoms with Crippen LogP contribution in [-0.2, 0) is 0 Å². The lowest BCUT2D eigenvalue weighted by Gasteiger charge is -2.27. The number of aryl methyl sites for hydroxylation is 1. The van der Waals surface area contributed by atoms with Gasteiger partial charge in [-0.1, -0.05) is 61.0 Å². The Morgan fingerprint density at radius 2 is 1.71 bits per heavy atom. The van der Waals surface area contributed by atoms with Crippen LogP contribution in [0, 0.1) is 12.8 Å². The number of carbonyl (C=O) groups excluding carboxylic acids is 2. The highest BCUT2D eigenvalue weighted by Crippen LogP contribution is 2.35. The van der Waals surface area contributed by atoms with E-state index in [9.17, 15) is 9.59 Å². The summed E-state index contributed by atoms with van der Waals surface area (Å²) in [6, 6.07) is 15.1. The Balaban J connectivity index is 1.95. The number of ketones is 2. The largest absolute Gasteiger partial charge is 0.293 e. The lowest BCUT2D eigenvalue weighted by atomic mass is 9.74. The first kappa shape index (κ1) is 13.7. The lowest BCUT2D eigenvalue weighted by molar-refractivity contribution is 0.0782. The predicted molar refractivity (Wildman–Crippen MR) is 82.8 cm³/mol. The highest BCUT2D eigenvalue weighted by atomic mass is 16.2. The SMILES string of the molecule is Cc1ccc(C(=O)C2CC(C)c3ccccc3C2=O)cc1. The molecule has 1 aliphatic rings. The van der Waals surface area contributed by atoms with Gasteiger partial charge in [-0.3, -0.25) is 9.59 Å². The van der Waals surface area contributed by atoms with Gasteiger partial charge in [-0.2, -0.15) is 0 Å². The third kappa shape index (κ3) is 2.42. The quantitative estimate of drug-likeness (QED) is 0.610. The third-order valence-electron chi connectivity index (χ3n) is 4.32.